The van der Waals surface area contributed by atoms with Gasteiger partial charge in [0, 0.05) is 61.7 Å². The average molecular weight is 528 g/mol. The molecule has 0 unspecified atom stereocenters. The molecule has 0 atom stereocenters. The Hall–Kier alpha value is -3.76. The maximum atomic E-state index is 6.63. The van der Waals surface area contributed by atoms with Crippen LogP contribution in [0.1, 0.15) is 42.9 Å². The lowest BCUT2D eigenvalue weighted by molar-refractivity contribution is 0.0815. The van der Waals surface area contributed by atoms with Gasteiger partial charge in [-0.1, -0.05) is 18.2 Å². The van der Waals surface area contributed by atoms with E-state index in [1.54, 1.807) is 13.3 Å². The highest BCUT2D eigenvalue weighted by molar-refractivity contribution is 6.00. The summed E-state index contributed by atoms with van der Waals surface area (Å²) in [6.07, 6.45) is 8.39. The minimum absolute atomic E-state index is 0.276. The Morgan fingerprint density at radius 1 is 0.949 bits per heavy atom. The van der Waals surface area contributed by atoms with E-state index in [0.717, 1.165) is 72.4 Å². The zero-order chi connectivity index (χ0) is 26.9. The molecule has 10 heteroatoms. The SMILES string of the molecule is COc1ncccc1Cc1ccc(-c2nn(C3CCC(N4CCN(C)CC4)CC3)c3ncnc(N)c23)c(N)c1. The van der Waals surface area contributed by atoms with Gasteiger partial charge in [0.25, 0.3) is 0 Å². The van der Waals surface area contributed by atoms with E-state index in [1.807, 2.05) is 24.3 Å². The summed E-state index contributed by atoms with van der Waals surface area (Å²) < 4.78 is 7.50. The van der Waals surface area contributed by atoms with Gasteiger partial charge in [-0.15, -0.1) is 0 Å². The Balaban J connectivity index is 1.27. The van der Waals surface area contributed by atoms with E-state index in [4.69, 9.17) is 21.3 Å². The molecule has 39 heavy (non-hydrogen) atoms. The van der Waals surface area contributed by atoms with Gasteiger partial charge in [0.1, 0.15) is 17.8 Å². The second-order valence-corrected chi connectivity index (χ2v) is 10.8. The van der Waals surface area contributed by atoms with E-state index in [9.17, 15) is 0 Å². The fourth-order valence-electron chi connectivity index (χ4n) is 6.19. The number of likely N-dealkylation sites (N-methyl/N-ethyl adjacent to an activating group) is 1. The Kier molecular flexibility index (Phi) is 7.05. The van der Waals surface area contributed by atoms with Gasteiger partial charge in [0.15, 0.2) is 5.65 Å². The number of rotatable bonds is 6. The molecule has 1 aliphatic heterocycles. The number of fused-ring (bicyclic) bond motifs is 1. The van der Waals surface area contributed by atoms with Crippen molar-refractivity contribution in [2.45, 2.75) is 44.2 Å². The minimum Gasteiger partial charge on any atom is -0.481 e. The third-order valence-corrected chi connectivity index (χ3v) is 8.39. The molecule has 204 valence electrons. The number of nitrogens with two attached hydrogens (primary N) is 2. The number of hydrogen-bond acceptors (Lipinski definition) is 9. The molecule has 3 aromatic heterocycles. The molecular weight excluding hydrogens is 490 g/mol. The fraction of sp³-hybridized carbons (Fsp3) is 0.448. The van der Waals surface area contributed by atoms with E-state index >= 15 is 0 Å². The standard InChI is InChI=1S/C29H37N9O/c1-36-12-14-37(15-13-36)21-6-8-22(9-7-21)38-28-25(27(31)33-18-34-28)26(35-38)23-10-5-19(17-24(23)30)16-20-4-3-11-32-29(20)39-2/h3-5,10-11,17-18,21-22H,6-9,12-16,30H2,1-2H3,(H2,31,33,34). The van der Waals surface area contributed by atoms with Crippen LogP contribution in [0.5, 0.6) is 5.88 Å². The molecule has 2 fully saturated rings. The second-order valence-electron chi connectivity index (χ2n) is 10.8. The highest BCUT2D eigenvalue weighted by atomic mass is 16.5. The maximum Gasteiger partial charge on any atom is 0.216 e. The number of methoxy groups -OCH3 is 1. The molecule has 4 aromatic rings. The summed E-state index contributed by atoms with van der Waals surface area (Å²) in [5.41, 5.74) is 18.1. The zero-order valence-electron chi connectivity index (χ0n) is 22.8. The number of hydrogen-bond donors (Lipinski definition) is 2. The van der Waals surface area contributed by atoms with Gasteiger partial charge in [0.2, 0.25) is 5.88 Å². The van der Waals surface area contributed by atoms with Crippen molar-refractivity contribution in [2.24, 2.45) is 0 Å². The third kappa shape index (κ3) is 5.02. The van der Waals surface area contributed by atoms with E-state index in [0.29, 0.717) is 29.8 Å². The van der Waals surface area contributed by atoms with Gasteiger partial charge in [0.05, 0.1) is 18.5 Å². The van der Waals surface area contributed by atoms with Gasteiger partial charge in [-0.25, -0.2) is 19.6 Å². The highest BCUT2D eigenvalue weighted by Crippen LogP contribution is 2.39. The summed E-state index contributed by atoms with van der Waals surface area (Å²) >= 11 is 0. The molecule has 10 nitrogen and oxygen atoms in total. The van der Waals surface area contributed by atoms with Crippen molar-refractivity contribution in [3.63, 3.8) is 0 Å². The van der Waals surface area contributed by atoms with Crippen LogP contribution >= 0.6 is 0 Å². The van der Waals surface area contributed by atoms with Crippen LogP contribution in [0.3, 0.4) is 0 Å². The van der Waals surface area contributed by atoms with Crippen LogP contribution in [0.15, 0.2) is 42.9 Å². The van der Waals surface area contributed by atoms with Crippen molar-refractivity contribution in [1.29, 1.82) is 0 Å². The second kappa shape index (κ2) is 10.8. The molecule has 0 amide bonds. The van der Waals surface area contributed by atoms with E-state index < -0.39 is 0 Å². The zero-order valence-corrected chi connectivity index (χ0v) is 22.8. The van der Waals surface area contributed by atoms with Crippen LogP contribution in [-0.4, -0.2) is 80.9 Å². The molecular formula is C29H37N9O. The van der Waals surface area contributed by atoms with Crippen LogP contribution in [0.4, 0.5) is 11.5 Å². The van der Waals surface area contributed by atoms with Crippen LogP contribution in [-0.2, 0) is 6.42 Å². The predicted molar refractivity (Wildman–Crippen MR) is 154 cm³/mol. The lowest BCUT2D eigenvalue weighted by Gasteiger charge is -2.41. The first-order chi connectivity index (χ1) is 19.0. The van der Waals surface area contributed by atoms with Crippen molar-refractivity contribution in [3.8, 4) is 17.1 Å². The van der Waals surface area contributed by atoms with Crippen molar-refractivity contribution in [3.05, 3.63) is 54.0 Å². The normalized spacial score (nSPS) is 20.9. The van der Waals surface area contributed by atoms with Gasteiger partial charge in [-0.2, -0.15) is 5.10 Å². The Labute approximate surface area is 229 Å². The largest absolute Gasteiger partial charge is 0.481 e. The Bertz CT molecular complexity index is 1450. The van der Waals surface area contributed by atoms with Gasteiger partial charge in [-0.05, 0) is 50.4 Å². The van der Waals surface area contributed by atoms with Crippen molar-refractivity contribution in [2.75, 3.05) is 51.8 Å². The maximum absolute atomic E-state index is 6.63. The molecule has 4 heterocycles. The summed E-state index contributed by atoms with van der Waals surface area (Å²) in [4.78, 5) is 18.3. The summed E-state index contributed by atoms with van der Waals surface area (Å²) in [5, 5.41) is 5.87. The molecule has 1 aliphatic carbocycles. The number of ether oxygens (including phenoxy) is 1. The van der Waals surface area contributed by atoms with Crippen molar-refractivity contribution >= 4 is 22.5 Å². The van der Waals surface area contributed by atoms with Gasteiger partial charge >= 0.3 is 0 Å². The molecule has 1 saturated heterocycles. The van der Waals surface area contributed by atoms with Crippen LogP contribution in [0.2, 0.25) is 0 Å². The molecule has 2 aliphatic rings. The number of benzene rings is 1. The number of aromatic nitrogens is 5. The number of anilines is 2. The minimum atomic E-state index is 0.276. The Morgan fingerprint density at radius 3 is 2.46 bits per heavy atom. The first-order valence-electron chi connectivity index (χ1n) is 13.8. The summed E-state index contributed by atoms with van der Waals surface area (Å²) in [5.74, 6) is 1.05. The lowest BCUT2D eigenvalue weighted by atomic mass is 9.90. The molecule has 0 bridgehead atoms. The quantitative estimate of drug-likeness (QED) is 0.363. The van der Waals surface area contributed by atoms with Crippen LogP contribution < -0.4 is 16.2 Å². The number of nitrogens with zero attached hydrogens (tertiary/aromatic N) is 7. The number of pyridine rings is 1. The fourth-order valence-corrected chi connectivity index (χ4v) is 6.19. The van der Waals surface area contributed by atoms with Gasteiger partial charge < -0.3 is 21.1 Å². The highest BCUT2D eigenvalue weighted by Gasteiger charge is 2.31. The predicted octanol–water partition coefficient (Wildman–Crippen LogP) is 3.38. The van der Waals surface area contributed by atoms with Crippen molar-refractivity contribution < 1.29 is 4.74 Å². The first kappa shape index (κ1) is 25.5. The molecule has 0 radical (unpaired) electrons. The monoisotopic (exact) mass is 527 g/mol. The van der Waals surface area contributed by atoms with E-state index in [1.165, 1.54) is 19.2 Å². The summed E-state index contributed by atoms with van der Waals surface area (Å²) in [6.45, 7) is 4.62. The lowest BCUT2D eigenvalue weighted by Crippen LogP contribution is -2.49. The average Bonchev–Trinajstić information content (AvgIpc) is 3.35. The smallest absolute Gasteiger partial charge is 0.216 e. The summed E-state index contributed by atoms with van der Waals surface area (Å²) in [7, 11) is 3.84. The number of nitrogen functional groups attached to an aromatic ring is 2. The molecule has 1 saturated carbocycles. The van der Waals surface area contributed by atoms with Crippen molar-refractivity contribution in [1.82, 2.24) is 34.5 Å². The molecule has 0 spiro atoms. The Morgan fingerprint density at radius 2 is 1.72 bits per heavy atom. The molecule has 6 rings (SSSR count). The first-order valence-corrected chi connectivity index (χ1v) is 13.8. The van der Waals surface area contributed by atoms with Crippen LogP contribution in [0, 0.1) is 0 Å². The number of piperazine rings is 1. The third-order valence-electron chi connectivity index (χ3n) is 8.39. The molecule has 1 aromatic carbocycles. The van der Waals surface area contributed by atoms with Gasteiger partial charge in [-0.3, -0.25) is 4.90 Å². The van der Waals surface area contributed by atoms with E-state index in [2.05, 4.69) is 42.5 Å². The topological polar surface area (TPSA) is 124 Å². The van der Waals surface area contributed by atoms with Crippen LogP contribution in [0.25, 0.3) is 22.3 Å². The van der Waals surface area contributed by atoms with E-state index in [-0.39, 0.29) is 6.04 Å². The molecule has 4 N–H and O–H groups in total. The summed E-state index contributed by atoms with van der Waals surface area (Å²) in [6, 6.07) is 10.9.